The number of imidazole rings is 1. The minimum absolute atomic E-state index is 0.00335. The van der Waals surface area contributed by atoms with Crippen LogP contribution in [0.15, 0.2) is 12.1 Å². The summed E-state index contributed by atoms with van der Waals surface area (Å²) in [7, 11) is 0. The number of alkyl halides is 3. The Hall–Kier alpha value is -4.51. The zero-order chi connectivity index (χ0) is 34.1. The van der Waals surface area contributed by atoms with Gasteiger partial charge in [0.1, 0.15) is 11.4 Å². The average molecular weight is 662 g/mol. The van der Waals surface area contributed by atoms with Crippen molar-refractivity contribution in [2.24, 2.45) is 5.73 Å². The predicted octanol–water partition coefficient (Wildman–Crippen LogP) is 3.02. The second-order valence-electron chi connectivity index (χ2n) is 11.9. The molecule has 0 unspecified atom stereocenters. The number of amides is 5. The standard InChI is InChI=1S/C28H33F6N7O5/c1-27(2,3)46-26(45)36-16(10-15-11-18(30)19(31)13-17(15)29)12-21(42)40-8-9-41-20(14-40)22(37-24(41)28(32,33)34)23(43)38-4-6-39(7-5-38)25(35)44/h11,13,16H,4-10,12,14H2,1-3H3,(H2,35,44)(H,36,45)/t16-/m1/s1. The minimum atomic E-state index is -4.92. The van der Waals surface area contributed by atoms with Gasteiger partial charge in [-0.15, -0.1) is 0 Å². The van der Waals surface area contributed by atoms with Crippen LogP contribution in [0.4, 0.5) is 35.9 Å². The second-order valence-corrected chi connectivity index (χ2v) is 11.9. The highest BCUT2D eigenvalue weighted by molar-refractivity contribution is 5.94. The summed E-state index contributed by atoms with van der Waals surface area (Å²) in [5, 5.41) is 2.43. The van der Waals surface area contributed by atoms with E-state index in [1.165, 1.54) is 9.80 Å². The molecule has 252 valence electrons. The lowest BCUT2D eigenvalue weighted by Crippen LogP contribution is -2.52. The number of nitrogens with one attached hydrogen (secondary N) is 1. The number of alkyl carbamates (subject to hydrolysis) is 1. The zero-order valence-electron chi connectivity index (χ0n) is 25.2. The highest BCUT2D eigenvalue weighted by Crippen LogP contribution is 2.33. The molecular weight excluding hydrogens is 628 g/mol. The Kier molecular flexibility index (Phi) is 9.77. The Labute approximate surface area is 259 Å². The normalized spacial score (nSPS) is 16.2. The van der Waals surface area contributed by atoms with Crippen molar-refractivity contribution >= 4 is 23.9 Å². The fourth-order valence-electron chi connectivity index (χ4n) is 5.22. The van der Waals surface area contributed by atoms with E-state index in [1.807, 2.05) is 0 Å². The van der Waals surface area contributed by atoms with Crippen molar-refractivity contribution in [2.75, 3.05) is 32.7 Å². The van der Waals surface area contributed by atoms with Gasteiger partial charge in [-0.3, -0.25) is 9.59 Å². The Morgan fingerprint density at radius 3 is 2.09 bits per heavy atom. The van der Waals surface area contributed by atoms with Crippen LogP contribution in [0.5, 0.6) is 0 Å². The van der Waals surface area contributed by atoms with Crippen LogP contribution in [0.3, 0.4) is 0 Å². The molecule has 0 saturated carbocycles. The molecule has 0 bridgehead atoms. The number of ether oxygens (including phenoxy) is 1. The number of fused-ring (bicyclic) bond motifs is 1. The first-order chi connectivity index (χ1) is 21.3. The summed E-state index contributed by atoms with van der Waals surface area (Å²) in [4.78, 5) is 58.1. The molecule has 1 aromatic heterocycles. The molecule has 3 N–H and O–H groups in total. The fraction of sp³-hybridized carbons (Fsp3) is 0.536. The first-order valence-corrected chi connectivity index (χ1v) is 14.2. The molecule has 46 heavy (non-hydrogen) atoms. The maximum atomic E-state index is 14.5. The van der Waals surface area contributed by atoms with E-state index in [0.717, 1.165) is 9.47 Å². The first-order valence-electron chi connectivity index (χ1n) is 14.2. The van der Waals surface area contributed by atoms with Gasteiger partial charge in [-0.25, -0.2) is 27.7 Å². The maximum Gasteiger partial charge on any atom is 0.449 e. The van der Waals surface area contributed by atoms with Crippen LogP contribution >= 0.6 is 0 Å². The molecule has 0 spiro atoms. The van der Waals surface area contributed by atoms with Crippen molar-refractivity contribution in [1.29, 1.82) is 0 Å². The van der Waals surface area contributed by atoms with Gasteiger partial charge in [-0.2, -0.15) is 13.2 Å². The van der Waals surface area contributed by atoms with E-state index in [9.17, 15) is 45.5 Å². The number of rotatable bonds is 6. The second kappa shape index (κ2) is 13.1. The van der Waals surface area contributed by atoms with E-state index in [-0.39, 0.29) is 50.5 Å². The van der Waals surface area contributed by atoms with Gasteiger partial charge in [0.25, 0.3) is 5.91 Å². The molecule has 12 nitrogen and oxygen atoms in total. The van der Waals surface area contributed by atoms with E-state index in [0.29, 0.717) is 12.1 Å². The molecule has 0 radical (unpaired) electrons. The number of primary amides is 1. The van der Waals surface area contributed by atoms with Gasteiger partial charge in [0.2, 0.25) is 11.7 Å². The molecule has 1 atom stereocenters. The van der Waals surface area contributed by atoms with Crippen LogP contribution in [0, 0.1) is 17.5 Å². The van der Waals surface area contributed by atoms with E-state index in [1.54, 1.807) is 20.8 Å². The first kappa shape index (κ1) is 34.4. The number of nitrogens with zero attached hydrogens (tertiary/aromatic N) is 5. The van der Waals surface area contributed by atoms with Gasteiger partial charge >= 0.3 is 18.3 Å². The summed E-state index contributed by atoms with van der Waals surface area (Å²) < 4.78 is 89.7. The monoisotopic (exact) mass is 661 g/mol. The number of urea groups is 1. The number of carbonyl (C=O) groups is 4. The summed E-state index contributed by atoms with van der Waals surface area (Å²) >= 11 is 0. The highest BCUT2D eigenvalue weighted by Gasteiger charge is 2.42. The summed E-state index contributed by atoms with van der Waals surface area (Å²) in [5.41, 5.74) is 3.28. The molecule has 0 aliphatic carbocycles. The average Bonchev–Trinajstić information content (AvgIpc) is 3.34. The number of benzene rings is 1. The van der Waals surface area contributed by atoms with Crippen molar-refractivity contribution in [1.82, 2.24) is 29.6 Å². The van der Waals surface area contributed by atoms with Gasteiger partial charge in [0.05, 0.1) is 12.2 Å². The fourth-order valence-corrected chi connectivity index (χ4v) is 5.22. The van der Waals surface area contributed by atoms with E-state index in [4.69, 9.17) is 10.5 Å². The van der Waals surface area contributed by atoms with Gasteiger partial charge in [-0.05, 0) is 38.8 Å². The van der Waals surface area contributed by atoms with Crippen LogP contribution in [-0.4, -0.2) is 92.6 Å². The van der Waals surface area contributed by atoms with Crippen LogP contribution in [0.1, 0.15) is 54.8 Å². The summed E-state index contributed by atoms with van der Waals surface area (Å²) in [6.45, 7) is 3.80. The number of hydrogen-bond acceptors (Lipinski definition) is 6. The van der Waals surface area contributed by atoms with Crippen molar-refractivity contribution in [3.8, 4) is 0 Å². The lowest BCUT2D eigenvalue weighted by atomic mass is 10.0. The molecule has 18 heteroatoms. The van der Waals surface area contributed by atoms with Crippen molar-refractivity contribution in [2.45, 2.75) is 64.5 Å². The summed E-state index contributed by atoms with van der Waals surface area (Å²) in [6, 6.07) is -0.986. The van der Waals surface area contributed by atoms with Crippen molar-refractivity contribution in [3.63, 3.8) is 0 Å². The van der Waals surface area contributed by atoms with Gasteiger partial charge in [0.15, 0.2) is 17.3 Å². The van der Waals surface area contributed by atoms with Crippen LogP contribution in [0.2, 0.25) is 0 Å². The van der Waals surface area contributed by atoms with Crippen LogP contribution < -0.4 is 11.1 Å². The Bertz CT molecular complexity index is 1520. The highest BCUT2D eigenvalue weighted by atomic mass is 19.4. The zero-order valence-corrected chi connectivity index (χ0v) is 25.2. The third kappa shape index (κ3) is 8.00. The summed E-state index contributed by atoms with van der Waals surface area (Å²) in [5.74, 6) is -6.74. The molecule has 2 aliphatic rings. The van der Waals surface area contributed by atoms with Gasteiger partial charge < -0.3 is 35.1 Å². The Morgan fingerprint density at radius 2 is 1.50 bits per heavy atom. The van der Waals surface area contributed by atoms with E-state index >= 15 is 0 Å². The quantitative estimate of drug-likeness (QED) is 0.360. The molecular formula is C28H33F6N7O5. The lowest BCUT2D eigenvalue weighted by molar-refractivity contribution is -0.148. The predicted molar refractivity (Wildman–Crippen MR) is 148 cm³/mol. The van der Waals surface area contributed by atoms with Crippen LogP contribution in [-0.2, 0) is 35.2 Å². The molecule has 1 fully saturated rings. The van der Waals surface area contributed by atoms with Crippen molar-refractivity contribution in [3.05, 3.63) is 52.4 Å². The number of hydrogen-bond donors (Lipinski definition) is 2. The smallest absolute Gasteiger partial charge is 0.444 e. The van der Waals surface area contributed by atoms with Gasteiger partial charge in [0, 0.05) is 57.8 Å². The number of piperazine rings is 1. The van der Waals surface area contributed by atoms with E-state index in [2.05, 4.69) is 10.3 Å². The minimum Gasteiger partial charge on any atom is -0.444 e. The number of carbonyl (C=O) groups excluding carboxylic acids is 4. The number of aromatic nitrogens is 2. The van der Waals surface area contributed by atoms with Crippen molar-refractivity contribution < 1.29 is 50.3 Å². The molecule has 4 rings (SSSR count). The summed E-state index contributed by atoms with van der Waals surface area (Å²) in [6.07, 6.45) is -6.89. The maximum absolute atomic E-state index is 14.5. The molecule has 1 saturated heterocycles. The Morgan fingerprint density at radius 1 is 0.913 bits per heavy atom. The number of nitrogens with two attached hydrogens (primary N) is 1. The Balaban J connectivity index is 1.57. The molecule has 2 aliphatic heterocycles. The molecule has 3 heterocycles. The largest absolute Gasteiger partial charge is 0.449 e. The van der Waals surface area contributed by atoms with Gasteiger partial charge in [-0.1, -0.05) is 0 Å². The third-order valence-electron chi connectivity index (χ3n) is 7.39. The number of halogens is 6. The van der Waals surface area contributed by atoms with Crippen LogP contribution in [0.25, 0.3) is 0 Å². The van der Waals surface area contributed by atoms with E-state index < -0.39 is 90.1 Å². The third-order valence-corrected chi connectivity index (χ3v) is 7.39. The topological polar surface area (TPSA) is 143 Å². The molecule has 2 aromatic rings. The molecule has 5 amide bonds. The lowest BCUT2D eigenvalue weighted by Gasteiger charge is -2.34. The SMILES string of the molecule is CC(C)(C)OC(=O)N[C@@H](CC(=O)N1CCn2c(C(F)(F)F)nc(C(=O)N3CCN(C(N)=O)CC3)c2C1)Cc1cc(F)c(F)cc1F. The molecule has 1 aromatic carbocycles.